The summed E-state index contributed by atoms with van der Waals surface area (Å²) >= 11 is 4.21. The van der Waals surface area contributed by atoms with E-state index < -0.39 is 11.6 Å². The predicted molar refractivity (Wildman–Crippen MR) is 71.7 cm³/mol. The average Bonchev–Trinajstić information content (AvgIpc) is 2.36. The largest absolute Gasteiger partial charge is 0.507 e. The standard InChI is InChI=1S/C13H9BrF2OS/c14-9-5-6-10(15)8(13(9)16)7-18-12-4-2-1-3-11(12)17/h1-6,17H,7H2. The lowest BCUT2D eigenvalue weighted by molar-refractivity contribution is 0.462. The van der Waals surface area contributed by atoms with E-state index in [1.165, 1.54) is 30.0 Å². The van der Waals surface area contributed by atoms with Crippen LogP contribution in [0.5, 0.6) is 5.75 Å². The fourth-order valence-electron chi connectivity index (χ4n) is 1.43. The van der Waals surface area contributed by atoms with Crippen molar-refractivity contribution in [3.63, 3.8) is 0 Å². The maximum absolute atomic E-state index is 13.7. The predicted octanol–water partition coefficient (Wildman–Crippen LogP) is 4.73. The third-order valence-corrected chi connectivity index (χ3v) is 4.08. The molecule has 1 nitrogen and oxygen atoms in total. The van der Waals surface area contributed by atoms with Crippen molar-refractivity contribution in [3.8, 4) is 5.75 Å². The number of phenols is 1. The molecule has 1 N–H and O–H groups in total. The Balaban J connectivity index is 2.21. The third kappa shape index (κ3) is 2.84. The van der Waals surface area contributed by atoms with E-state index in [1.54, 1.807) is 18.2 Å². The van der Waals surface area contributed by atoms with Crippen LogP contribution in [-0.2, 0) is 5.75 Å². The second-order valence-electron chi connectivity index (χ2n) is 3.58. The van der Waals surface area contributed by atoms with Crippen molar-refractivity contribution in [2.24, 2.45) is 0 Å². The summed E-state index contributed by atoms with van der Waals surface area (Å²) in [5.41, 5.74) is -0.00220. The molecule has 0 fully saturated rings. The molecular weight excluding hydrogens is 322 g/mol. The topological polar surface area (TPSA) is 20.2 Å². The minimum Gasteiger partial charge on any atom is -0.507 e. The zero-order valence-electron chi connectivity index (χ0n) is 9.16. The van der Waals surface area contributed by atoms with Crippen LogP contribution in [0.25, 0.3) is 0 Å². The molecule has 0 radical (unpaired) electrons. The van der Waals surface area contributed by atoms with E-state index in [0.717, 1.165) is 0 Å². The van der Waals surface area contributed by atoms with Gasteiger partial charge in [0.1, 0.15) is 17.4 Å². The van der Waals surface area contributed by atoms with E-state index >= 15 is 0 Å². The normalized spacial score (nSPS) is 10.6. The number of thioether (sulfide) groups is 1. The quantitative estimate of drug-likeness (QED) is 0.648. The number of hydrogen-bond acceptors (Lipinski definition) is 2. The number of rotatable bonds is 3. The van der Waals surface area contributed by atoms with E-state index in [9.17, 15) is 13.9 Å². The van der Waals surface area contributed by atoms with Crippen LogP contribution in [0.4, 0.5) is 8.78 Å². The summed E-state index contributed by atoms with van der Waals surface area (Å²) in [5, 5.41) is 9.56. The molecule has 5 heteroatoms. The molecule has 18 heavy (non-hydrogen) atoms. The van der Waals surface area contributed by atoms with Gasteiger partial charge in [-0.25, -0.2) is 8.78 Å². The van der Waals surface area contributed by atoms with Crippen molar-refractivity contribution in [2.45, 2.75) is 10.6 Å². The molecule has 0 aliphatic rings. The lowest BCUT2D eigenvalue weighted by atomic mass is 10.2. The van der Waals surface area contributed by atoms with Gasteiger partial charge in [-0.15, -0.1) is 11.8 Å². The first kappa shape index (κ1) is 13.4. The Morgan fingerprint density at radius 1 is 1.11 bits per heavy atom. The van der Waals surface area contributed by atoms with Crippen LogP contribution in [0, 0.1) is 11.6 Å². The van der Waals surface area contributed by atoms with Crippen LogP contribution in [0.1, 0.15) is 5.56 Å². The van der Waals surface area contributed by atoms with Gasteiger partial charge in [0.2, 0.25) is 0 Å². The summed E-state index contributed by atoms with van der Waals surface area (Å²) in [5.74, 6) is -0.954. The summed E-state index contributed by atoms with van der Waals surface area (Å²) in [6.45, 7) is 0. The van der Waals surface area contributed by atoms with E-state index in [-0.39, 0.29) is 21.5 Å². The van der Waals surface area contributed by atoms with Crippen molar-refractivity contribution in [1.82, 2.24) is 0 Å². The summed E-state index contributed by atoms with van der Waals surface area (Å²) in [6, 6.07) is 9.24. The molecule has 0 aromatic heterocycles. The maximum atomic E-state index is 13.7. The number of hydrogen-bond donors (Lipinski definition) is 1. The molecule has 0 aliphatic heterocycles. The Kier molecular flexibility index (Phi) is 4.24. The zero-order valence-corrected chi connectivity index (χ0v) is 11.6. The van der Waals surface area contributed by atoms with E-state index in [4.69, 9.17) is 0 Å². The van der Waals surface area contributed by atoms with Gasteiger partial charge < -0.3 is 5.11 Å². The smallest absolute Gasteiger partial charge is 0.144 e. The molecule has 0 aliphatic carbocycles. The molecule has 0 unspecified atom stereocenters. The molecule has 0 bridgehead atoms. The first-order chi connectivity index (χ1) is 8.59. The monoisotopic (exact) mass is 330 g/mol. The van der Waals surface area contributed by atoms with Gasteiger partial charge in [0, 0.05) is 16.2 Å². The summed E-state index contributed by atoms with van der Waals surface area (Å²) < 4.78 is 27.4. The van der Waals surface area contributed by atoms with Crippen LogP contribution in [0.2, 0.25) is 0 Å². The molecular formula is C13H9BrF2OS. The van der Waals surface area contributed by atoms with Gasteiger partial charge in [-0.05, 0) is 40.2 Å². The van der Waals surface area contributed by atoms with Crippen molar-refractivity contribution >= 4 is 27.7 Å². The Morgan fingerprint density at radius 3 is 2.56 bits per heavy atom. The molecule has 0 saturated heterocycles. The first-order valence-electron chi connectivity index (χ1n) is 5.12. The zero-order chi connectivity index (χ0) is 13.1. The summed E-state index contributed by atoms with van der Waals surface area (Å²) in [6.07, 6.45) is 0. The van der Waals surface area contributed by atoms with Gasteiger partial charge in [0.15, 0.2) is 0 Å². The Labute approximate surface area is 116 Å². The average molecular weight is 331 g/mol. The minimum absolute atomic E-state index is 0.00220. The first-order valence-corrected chi connectivity index (χ1v) is 6.90. The van der Waals surface area contributed by atoms with Crippen LogP contribution in [0.3, 0.4) is 0 Å². The second-order valence-corrected chi connectivity index (χ2v) is 5.45. The van der Waals surface area contributed by atoms with Crippen molar-refractivity contribution in [3.05, 3.63) is 58.1 Å². The highest BCUT2D eigenvalue weighted by molar-refractivity contribution is 9.10. The second kappa shape index (κ2) is 5.71. The molecule has 2 aromatic rings. The lowest BCUT2D eigenvalue weighted by Crippen LogP contribution is -1.94. The Bertz CT molecular complexity index is 575. The van der Waals surface area contributed by atoms with Crippen molar-refractivity contribution in [2.75, 3.05) is 0 Å². The van der Waals surface area contributed by atoms with Crippen LogP contribution >= 0.6 is 27.7 Å². The number of halogens is 3. The SMILES string of the molecule is Oc1ccccc1SCc1c(F)ccc(Br)c1F. The third-order valence-electron chi connectivity index (χ3n) is 2.38. The van der Waals surface area contributed by atoms with E-state index in [1.807, 2.05) is 0 Å². The molecule has 94 valence electrons. The lowest BCUT2D eigenvalue weighted by Gasteiger charge is -2.07. The number of benzene rings is 2. The summed E-state index contributed by atoms with van der Waals surface area (Å²) in [7, 11) is 0. The fraction of sp³-hybridized carbons (Fsp3) is 0.0769. The highest BCUT2D eigenvalue weighted by Gasteiger charge is 2.13. The maximum Gasteiger partial charge on any atom is 0.144 e. The minimum atomic E-state index is -0.599. The van der Waals surface area contributed by atoms with Gasteiger partial charge in [0.25, 0.3) is 0 Å². The number of aromatic hydroxyl groups is 1. The van der Waals surface area contributed by atoms with Gasteiger partial charge in [-0.3, -0.25) is 0 Å². The van der Waals surface area contributed by atoms with Crippen molar-refractivity contribution in [1.29, 1.82) is 0 Å². The fourth-order valence-corrected chi connectivity index (χ4v) is 2.76. The highest BCUT2D eigenvalue weighted by Crippen LogP contribution is 2.33. The molecule has 0 heterocycles. The Morgan fingerprint density at radius 2 is 1.83 bits per heavy atom. The van der Waals surface area contributed by atoms with Gasteiger partial charge in [-0.1, -0.05) is 12.1 Å². The van der Waals surface area contributed by atoms with Crippen LogP contribution < -0.4 is 0 Å². The van der Waals surface area contributed by atoms with E-state index in [2.05, 4.69) is 15.9 Å². The Hall–Kier alpha value is -1.07. The van der Waals surface area contributed by atoms with Crippen molar-refractivity contribution < 1.29 is 13.9 Å². The summed E-state index contributed by atoms with van der Waals surface area (Å²) in [4.78, 5) is 0.594. The molecule has 2 rings (SSSR count). The van der Waals surface area contributed by atoms with Gasteiger partial charge in [-0.2, -0.15) is 0 Å². The molecule has 0 amide bonds. The van der Waals surface area contributed by atoms with Crippen LogP contribution in [0.15, 0.2) is 45.8 Å². The molecule has 2 aromatic carbocycles. The molecule has 0 spiro atoms. The number of phenolic OH excluding ortho intramolecular Hbond substituents is 1. The number of para-hydroxylation sites is 1. The van der Waals surface area contributed by atoms with Gasteiger partial charge in [0.05, 0.1) is 4.47 Å². The van der Waals surface area contributed by atoms with E-state index in [0.29, 0.717) is 4.90 Å². The molecule has 0 atom stereocenters. The highest BCUT2D eigenvalue weighted by atomic mass is 79.9. The van der Waals surface area contributed by atoms with Gasteiger partial charge >= 0.3 is 0 Å². The molecule has 0 saturated carbocycles. The van der Waals surface area contributed by atoms with Crippen LogP contribution in [-0.4, -0.2) is 5.11 Å².